The smallest absolute Gasteiger partial charge is 0.268 e. The highest BCUT2D eigenvalue weighted by Gasteiger charge is 2.07. The van der Waals surface area contributed by atoms with Crippen LogP contribution in [0.4, 0.5) is 0 Å². The monoisotopic (exact) mass is 314 g/mol. The lowest BCUT2D eigenvalue weighted by Crippen LogP contribution is -2.27. The number of aromatic nitrogens is 2. The summed E-state index contributed by atoms with van der Waals surface area (Å²) < 4.78 is 1.71. The number of halogens is 2. The van der Waals surface area contributed by atoms with Crippen LogP contribution in [0.1, 0.15) is 6.92 Å². The first kappa shape index (κ1) is 10.9. The van der Waals surface area contributed by atoms with Crippen LogP contribution in [-0.4, -0.2) is 20.8 Å². The van der Waals surface area contributed by atoms with Crippen molar-refractivity contribution in [2.75, 3.05) is 0 Å². The fourth-order valence-corrected chi connectivity index (χ4v) is 1.43. The topological polar surface area (TPSA) is 55.1 Å². The zero-order chi connectivity index (χ0) is 10.0. The summed E-state index contributed by atoms with van der Waals surface area (Å²) in [5.74, 6) is 0. The van der Waals surface area contributed by atoms with E-state index in [-0.39, 0.29) is 17.3 Å². The lowest BCUT2D eigenvalue weighted by atomic mass is 10.4. The number of hydrogen-bond acceptors (Lipinski definition) is 3. The van der Waals surface area contributed by atoms with Crippen LogP contribution in [-0.2, 0) is 6.54 Å². The molecule has 6 heteroatoms. The van der Waals surface area contributed by atoms with E-state index in [1.54, 1.807) is 6.92 Å². The molecular weight excluding hydrogens is 306 g/mol. The van der Waals surface area contributed by atoms with Crippen molar-refractivity contribution in [3.8, 4) is 0 Å². The molecule has 0 aliphatic heterocycles. The van der Waals surface area contributed by atoms with Crippen molar-refractivity contribution in [1.29, 1.82) is 0 Å². The number of aliphatic hydroxyl groups excluding tert-OH is 1. The van der Waals surface area contributed by atoms with E-state index in [1.165, 1.54) is 10.9 Å². The molecule has 4 nitrogen and oxygen atoms in total. The van der Waals surface area contributed by atoms with E-state index in [2.05, 4.69) is 4.98 Å². The highest BCUT2D eigenvalue weighted by Crippen LogP contribution is 2.09. The van der Waals surface area contributed by atoms with Crippen molar-refractivity contribution in [2.24, 2.45) is 0 Å². The highest BCUT2D eigenvalue weighted by molar-refractivity contribution is 14.1. The van der Waals surface area contributed by atoms with Crippen LogP contribution >= 0.6 is 34.2 Å². The van der Waals surface area contributed by atoms with Crippen molar-refractivity contribution in [3.05, 3.63) is 25.4 Å². The normalized spacial score (nSPS) is 12.9. The van der Waals surface area contributed by atoms with Gasteiger partial charge in [-0.1, -0.05) is 11.6 Å². The Balaban J connectivity index is 3.12. The molecule has 0 aromatic carbocycles. The van der Waals surface area contributed by atoms with Gasteiger partial charge < -0.3 is 5.11 Å². The summed E-state index contributed by atoms with van der Waals surface area (Å²) in [5, 5.41) is 9.27. The van der Waals surface area contributed by atoms with Gasteiger partial charge in [0.05, 0.1) is 19.0 Å². The minimum Gasteiger partial charge on any atom is -0.392 e. The molecule has 72 valence electrons. The third-order valence-corrected chi connectivity index (χ3v) is 2.98. The van der Waals surface area contributed by atoms with E-state index >= 15 is 0 Å². The summed E-state index contributed by atoms with van der Waals surface area (Å²) in [6.07, 6.45) is 0.760. The third kappa shape index (κ3) is 2.65. The van der Waals surface area contributed by atoms with Gasteiger partial charge in [0.15, 0.2) is 0 Å². The molecule has 0 amide bonds. The molecule has 1 unspecified atom stereocenters. The second kappa shape index (κ2) is 4.39. The highest BCUT2D eigenvalue weighted by atomic mass is 127. The lowest BCUT2D eigenvalue weighted by Gasteiger charge is -2.07. The molecule has 1 N–H and O–H groups in total. The summed E-state index contributed by atoms with van der Waals surface area (Å²) in [5.41, 5.74) is -0.221. The first-order chi connectivity index (χ1) is 6.02. The minimum atomic E-state index is -0.573. The van der Waals surface area contributed by atoms with Crippen molar-refractivity contribution >= 4 is 34.2 Å². The van der Waals surface area contributed by atoms with Crippen LogP contribution in [0.15, 0.2) is 11.1 Å². The van der Waals surface area contributed by atoms with Crippen molar-refractivity contribution < 1.29 is 5.11 Å². The van der Waals surface area contributed by atoms with Gasteiger partial charge in [0.2, 0.25) is 0 Å². The molecule has 0 spiro atoms. The van der Waals surface area contributed by atoms with Crippen LogP contribution in [0.3, 0.4) is 0 Å². The Bertz CT molecular complexity index is 364. The van der Waals surface area contributed by atoms with Crippen LogP contribution in [0.25, 0.3) is 0 Å². The molecule has 1 atom stereocenters. The molecule has 0 saturated carbocycles. The summed E-state index contributed by atoms with van der Waals surface area (Å²) in [6, 6.07) is 0. The van der Waals surface area contributed by atoms with E-state index in [9.17, 15) is 4.79 Å². The van der Waals surface area contributed by atoms with Crippen LogP contribution in [0.2, 0.25) is 5.15 Å². The van der Waals surface area contributed by atoms with Gasteiger partial charge in [-0.05, 0) is 29.5 Å². The van der Waals surface area contributed by atoms with Crippen molar-refractivity contribution in [2.45, 2.75) is 19.6 Å². The Labute approximate surface area is 93.7 Å². The Morgan fingerprint density at radius 2 is 2.46 bits per heavy atom. The molecule has 1 rings (SSSR count). The quantitative estimate of drug-likeness (QED) is 0.651. The molecule has 1 aromatic rings. The second-order valence-corrected chi connectivity index (χ2v) is 4.09. The van der Waals surface area contributed by atoms with E-state index < -0.39 is 6.10 Å². The van der Waals surface area contributed by atoms with Gasteiger partial charge in [-0.3, -0.25) is 9.36 Å². The van der Waals surface area contributed by atoms with E-state index in [0.717, 1.165) is 0 Å². The maximum Gasteiger partial charge on any atom is 0.268 e. The molecule has 0 aliphatic carbocycles. The SMILES string of the molecule is CC(O)Cn1cnc(Cl)c(I)c1=O. The summed E-state index contributed by atoms with van der Waals surface area (Å²) >= 11 is 7.46. The van der Waals surface area contributed by atoms with Gasteiger partial charge >= 0.3 is 0 Å². The number of nitrogens with zero attached hydrogens (tertiary/aromatic N) is 2. The fraction of sp³-hybridized carbons (Fsp3) is 0.429. The van der Waals surface area contributed by atoms with Crippen molar-refractivity contribution in [3.63, 3.8) is 0 Å². The zero-order valence-electron chi connectivity index (χ0n) is 6.87. The summed E-state index contributed by atoms with van der Waals surface area (Å²) in [4.78, 5) is 15.2. The summed E-state index contributed by atoms with van der Waals surface area (Å²) in [6.45, 7) is 1.84. The lowest BCUT2D eigenvalue weighted by molar-refractivity contribution is 0.171. The van der Waals surface area contributed by atoms with Crippen LogP contribution in [0.5, 0.6) is 0 Å². The predicted molar refractivity (Wildman–Crippen MR) is 57.9 cm³/mol. The van der Waals surface area contributed by atoms with E-state index in [4.69, 9.17) is 16.7 Å². The predicted octanol–water partition coefficient (Wildman–Crippen LogP) is 0.882. The molecule has 0 fully saturated rings. The average molecular weight is 315 g/mol. The average Bonchev–Trinajstić information content (AvgIpc) is 2.06. The van der Waals surface area contributed by atoms with E-state index in [0.29, 0.717) is 3.57 Å². The molecule has 0 radical (unpaired) electrons. The maximum atomic E-state index is 11.4. The molecule has 0 bridgehead atoms. The molecule has 1 heterocycles. The zero-order valence-corrected chi connectivity index (χ0v) is 9.78. The van der Waals surface area contributed by atoms with Crippen LogP contribution in [0, 0.1) is 3.57 Å². The molecular formula is C7H8ClIN2O2. The minimum absolute atomic E-state index is 0.201. The van der Waals surface area contributed by atoms with Gasteiger partial charge in [-0.25, -0.2) is 4.98 Å². The fourth-order valence-electron chi connectivity index (χ4n) is 0.859. The van der Waals surface area contributed by atoms with Crippen molar-refractivity contribution in [1.82, 2.24) is 9.55 Å². The Kier molecular flexibility index (Phi) is 3.69. The van der Waals surface area contributed by atoms with Gasteiger partial charge in [-0.2, -0.15) is 0 Å². The number of aliphatic hydroxyl groups is 1. The Hall–Kier alpha value is -0.140. The molecule has 0 saturated heterocycles. The van der Waals surface area contributed by atoms with Gasteiger partial charge in [0.25, 0.3) is 5.56 Å². The third-order valence-electron chi connectivity index (χ3n) is 1.40. The van der Waals surface area contributed by atoms with Gasteiger partial charge in [0.1, 0.15) is 8.72 Å². The van der Waals surface area contributed by atoms with Gasteiger partial charge in [0, 0.05) is 0 Å². The second-order valence-electron chi connectivity index (χ2n) is 2.66. The molecule has 13 heavy (non-hydrogen) atoms. The number of rotatable bonds is 2. The standard InChI is InChI=1S/C7H8ClIN2O2/c1-4(12)2-11-3-10-6(8)5(9)7(11)13/h3-4,12H,2H2,1H3. The van der Waals surface area contributed by atoms with Crippen LogP contribution < -0.4 is 5.56 Å². The first-order valence-electron chi connectivity index (χ1n) is 3.61. The molecule has 0 aliphatic rings. The molecule has 1 aromatic heterocycles. The Morgan fingerprint density at radius 3 is 3.00 bits per heavy atom. The maximum absolute atomic E-state index is 11.4. The van der Waals surface area contributed by atoms with E-state index in [1.807, 2.05) is 22.6 Å². The number of hydrogen-bond donors (Lipinski definition) is 1. The first-order valence-corrected chi connectivity index (χ1v) is 5.06. The largest absolute Gasteiger partial charge is 0.392 e. The Morgan fingerprint density at radius 1 is 1.85 bits per heavy atom. The summed E-state index contributed by atoms with van der Waals surface area (Å²) in [7, 11) is 0. The van der Waals surface area contributed by atoms with Gasteiger partial charge in [-0.15, -0.1) is 0 Å².